The summed E-state index contributed by atoms with van der Waals surface area (Å²) >= 11 is 6.54. The number of carbonyl (C=O) groups is 1. The Bertz CT molecular complexity index is 793. The Balaban J connectivity index is 2.38. The van der Waals surface area contributed by atoms with Crippen LogP contribution in [0.25, 0.3) is 5.57 Å². The predicted molar refractivity (Wildman–Crippen MR) is 106 cm³/mol. The van der Waals surface area contributed by atoms with Gasteiger partial charge in [0.1, 0.15) is 5.83 Å². The first-order valence-electron chi connectivity index (χ1n) is 8.75. The third-order valence-corrected chi connectivity index (χ3v) is 4.82. The largest absolute Gasteiger partial charge is 0.478 e. The summed E-state index contributed by atoms with van der Waals surface area (Å²) < 4.78 is 14.5. The number of nitrogens with zero attached hydrogens (tertiary/aromatic N) is 1. The maximum atomic E-state index is 14.5. The van der Waals surface area contributed by atoms with Crippen molar-refractivity contribution in [1.82, 2.24) is 0 Å². The van der Waals surface area contributed by atoms with Crippen LogP contribution in [-0.4, -0.2) is 23.7 Å². The zero-order valence-electron chi connectivity index (χ0n) is 15.6. The summed E-state index contributed by atoms with van der Waals surface area (Å²) in [5.74, 6) is -1.46. The second-order valence-corrected chi connectivity index (χ2v) is 7.30. The van der Waals surface area contributed by atoms with Crippen LogP contribution in [0.5, 0.6) is 0 Å². The molecule has 0 bridgehead atoms. The lowest BCUT2D eigenvalue weighted by atomic mass is 9.95. The number of rotatable bonds is 5. The zero-order chi connectivity index (χ0) is 19.4. The van der Waals surface area contributed by atoms with Crippen LogP contribution in [0.3, 0.4) is 0 Å². The van der Waals surface area contributed by atoms with E-state index in [2.05, 4.69) is 18.7 Å². The molecule has 2 rings (SSSR count). The van der Waals surface area contributed by atoms with Crippen LogP contribution in [0.4, 0.5) is 10.1 Å². The van der Waals surface area contributed by atoms with Crippen LogP contribution < -0.4 is 4.90 Å². The molecule has 0 atom stereocenters. The Labute approximate surface area is 159 Å². The van der Waals surface area contributed by atoms with Gasteiger partial charge < -0.3 is 10.0 Å². The van der Waals surface area contributed by atoms with E-state index in [4.69, 9.17) is 16.7 Å². The number of aryl methyl sites for hydroxylation is 1. The fraction of sp³-hybridized carbons (Fsp3) is 0.381. The van der Waals surface area contributed by atoms with E-state index < -0.39 is 11.8 Å². The normalized spacial score (nSPS) is 16.1. The maximum absolute atomic E-state index is 14.5. The molecule has 140 valence electrons. The monoisotopic (exact) mass is 377 g/mol. The number of halogens is 2. The highest BCUT2D eigenvalue weighted by atomic mass is 35.5. The second kappa shape index (κ2) is 8.54. The van der Waals surface area contributed by atoms with E-state index in [1.807, 2.05) is 12.1 Å². The summed E-state index contributed by atoms with van der Waals surface area (Å²) in [6, 6.07) is 4.18. The van der Waals surface area contributed by atoms with E-state index >= 15 is 0 Å². The lowest BCUT2D eigenvalue weighted by Crippen LogP contribution is -2.35. The van der Waals surface area contributed by atoms with E-state index in [1.165, 1.54) is 12.2 Å². The van der Waals surface area contributed by atoms with Gasteiger partial charge in [0.15, 0.2) is 0 Å². The molecular weight excluding hydrogens is 353 g/mol. The van der Waals surface area contributed by atoms with Gasteiger partial charge in [0, 0.05) is 18.7 Å². The summed E-state index contributed by atoms with van der Waals surface area (Å²) in [4.78, 5) is 12.9. The maximum Gasteiger partial charge on any atom is 0.328 e. The Morgan fingerprint density at radius 2 is 2.00 bits per heavy atom. The van der Waals surface area contributed by atoms with Gasteiger partial charge in [-0.2, -0.15) is 0 Å². The van der Waals surface area contributed by atoms with Crippen molar-refractivity contribution in [2.24, 2.45) is 0 Å². The molecule has 1 aromatic carbocycles. The number of carboxylic acids is 1. The molecule has 0 saturated carbocycles. The van der Waals surface area contributed by atoms with Crippen LogP contribution in [0.2, 0.25) is 5.02 Å². The fourth-order valence-corrected chi connectivity index (χ4v) is 3.51. The van der Waals surface area contributed by atoms with Crippen LogP contribution in [0.1, 0.15) is 45.2 Å². The summed E-state index contributed by atoms with van der Waals surface area (Å²) in [7, 11) is 0. The summed E-state index contributed by atoms with van der Waals surface area (Å²) in [6.45, 7) is 8.58. The lowest BCUT2D eigenvalue weighted by molar-refractivity contribution is -0.131. The number of allylic oxidation sites excluding steroid dienone is 5. The van der Waals surface area contributed by atoms with Gasteiger partial charge in [-0.05, 0) is 81.0 Å². The van der Waals surface area contributed by atoms with Crippen LogP contribution in [-0.2, 0) is 11.2 Å². The molecule has 5 heteroatoms. The quantitative estimate of drug-likeness (QED) is 0.521. The number of anilines is 1. The Morgan fingerprint density at radius 3 is 2.62 bits per heavy atom. The van der Waals surface area contributed by atoms with Gasteiger partial charge in [-0.1, -0.05) is 17.7 Å². The molecule has 1 heterocycles. The number of fused-ring (bicyclic) bond motifs is 1. The standard InChI is InChI=1S/C21H25ClFNO2/c1-13(2)24-9-5-6-16-11-17(12-18(22)21(16)24)15(4)19(23)8-7-14(3)10-20(25)26/h7-8,10-13H,5-6,9H2,1-4H3,(H,25,26)/b8-7+,14-10+,19-15+. The van der Waals surface area contributed by atoms with Crippen molar-refractivity contribution in [3.8, 4) is 0 Å². The summed E-state index contributed by atoms with van der Waals surface area (Å²) in [5, 5.41) is 9.35. The van der Waals surface area contributed by atoms with E-state index in [1.54, 1.807) is 13.8 Å². The SMILES string of the molecule is CC(/C=C/C(F)=C(/C)c1cc(Cl)c2c(c1)CCCN2C(C)C)=C\C(=O)O. The van der Waals surface area contributed by atoms with Crippen LogP contribution >= 0.6 is 11.6 Å². The minimum atomic E-state index is -1.05. The average molecular weight is 378 g/mol. The minimum Gasteiger partial charge on any atom is -0.478 e. The van der Waals surface area contributed by atoms with E-state index in [0.29, 0.717) is 22.2 Å². The van der Waals surface area contributed by atoms with Gasteiger partial charge in [0.25, 0.3) is 0 Å². The number of carboxylic acid groups (broad SMARTS) is 1. The molecule has 0 fully saturated rings. The van der Waals surface area contributed by atoms with Gasteiger partial charge in [-0.3, -0.25) is 0 Å². The molecular formula is C21H25ClFNO2. The highest BCUT2D eigenvalue weighted by molar-refractivity contribution is 6.33. The molecule has 1 N–H and O–H groups in total. The first-order chi connectivity index (χ1) is 12.2. The summed E-state index contributed by atoms with van der Waals surface area (Å²) in [6.07, 6.45) is 5.76. The van der Waals surface area contributed by atoms with Crippen molar-refractivity contribution >= 4 is 28.8 Å². The van der Waals surface area contributed by atoms with Gasteiger partial charge in [-0.15, -0.1) is 0 Å². The third kappa shape index (κ3) is 4.76. The van der Waals surface area contributed by atoms with Crippen molar-refractivity contribution in [3.63, 3.8) is 0 Å². The van der Waals surface area contributed by atoms with Crippen molar-refractivity contribution in [1.29, 1.82) is 0 Å². The van der Waals surface area contributed by atoms with Crippen molar-refractivity contribution < 1.29 is 14.3 Å². The van der Waals surface area contributed by atoms with E-state index in [9.17, 15) is 9.18 Å². The molecule has 0 aliphatic carbocycles. The highest BCUT2D eigenvalue weighted by Gasteiger charge is 2.23. The van der Waals surface area contributed by atoms with Gasteiger partial charge in [0.2, 0.25) is 0 Å². The van der Waals surface area contributed by atoms with E-state index in [0.717, 1.165) is 42.3 Å². The van der Waals surface area contributed by atoms with Crippen molar-refractivity contribution in [2.75, 3.05) is 11.4 Å². The Kier molecular flexibility index (Phi) is 6.65. The number of hydrogen-bond donors (Lipinski definition) is 1. The predicted octanol–water partition coefficient (Wildman–Crippen LogP) is 5.79. The summed E-state index contributed by atoms with van der Waals surface area (Å²) in [5.41, 5.74) is 3.90. The van der Waals surface area contributed by atoms with Crippen molar-refractivity contribution in [3.05, 3.63) is 57.9 Å². The molecule has 1 aromatic rings. The molecule has 1 aliphatic heterocycles. The molecule has 3 nitrogen and oxygen atoms in total. The first kappa shape index (κ1) is 20.2. The van der Waals surface area contributed by atoms with Gasteiger partial charge >= 0.3 is 5.97 Å². The molecule has 0 amide bonds. The first-order valence-corrected chi connectivity index (χ1v) is 9.13. The topological polar surface area (TPSA) is 40.5 Å². The molecule has 26 heavy (non-hydrogen) atoms. The molecule has 0 spiro atoms. The second-order valence-electron chi connectivity index (χ2n) is 6.89. The fourth-order valence-electron chi connectivity index (χ4n) is 3.16. The van der Waals surface area contributed by atoms with Crippen LogP contribution in [0, 0.1) is 0 Å². The van der Waals surface area contributed by atoms with Gasteiger partial charge in [0.05, 0.1) is 10.7 Å². The molecule has 0 unspecified atom stereocenters. The zero-order valence-corrected chi connectivity index (χ0v) is 16.4. The molecule has 0 radical (unpaired) electrons. The highest BCUT2D eigenvalue weighted by Crippen LogP contribution is 2.38. The van der Waals surface area contributed by atoms with Crippen molar-refractivity contribution in [2.45, 2.75) is 46.6 Å². The molecule has 0 saturated heterocycles. The van der Waals surface area contributed by atoms with Crippen LogP contribution in [0.15, 0.2) is 41.8 Å². The third-order valence-electron chi connectivity index (χ3n) is 4.53. The number of aliphatic carboxylic acids is 1. The Hall–Kier alpha value is -2.07. The number of benzene rings is 1. The Morgan fingerprint density at radius 1 is 1.31 bits per heavy atom. The minimum absolute atomic E-state index is 0.359. The lowest BCUT2D eigenvalue weighted by Gasteiger charge is -2.35. The van der Waals surface area contributed by atoms with Gasteiger partial charge in [-0.25, -0.2) is 9.18 Å². The van der Waals surface area contributed by atoms with E-state index in [-0.39, 0.29) is 0 Å². The molecule has 1 aliphatic rings. The average Bonchev–Trinajstić information content (AvgIpc) is 2.57. The molecule has 0 aromatic heterocycles. The smallest absolute Gasteiger partial charge is 0.328 e. The number of hydrogen-bond acceptors (Lipinski definition) is 2.